The Morgan fingerprint density at radius 2 is 1.53 bits per heavy atom. The molecule has 0 fully saturated rings. The van der Waals surface area contributed by atoms with Crippen molar-refractivity contribution in [2.75, 3.05) is 18.1 Å². The lowest BCUT2D eigenvalue weighted by Crippen LogP contribution is -2.64. The maximum atomic E-state index is 14.1. The van der Waals surface area contributed by atoms with E-state index in [0.717, 1.165) is 43.5 Å². The number of aryl methyl sites for hydroxylation is 1. The molecule has 2 N–H and O–H groups in total. The van der Waals surface area contributed by atoms with Gasteiger partial charge in [-0.2, -0.15) is 0 Å². The number of rotatable bonds is 10. The van der Waals surface area contributed by atoms with Gasteiger partial charge in [-0.15, -0.1) is 12.4 Å². The van der Waals surface area contributed by atoms with E-state index in [1.165, 1.54) is 0 Å². The summed E-state index contributed by atoms with van der Waals surface area (Å²) in [7, 11) is 0. The number of anilines is 1. The number of hydrogen-bond acceptors (Lipinski definition) is 4. The van der Waals surface area contributed by atoms with Crippen LogP contribution in [-0.4, -0.2) is 36.9 Å². The fourth-order valence-corrected chi connectivity index (χ4v) is 4.74. The number of fused-ring (bicyclic) bond motifs is 1. The van der Waals surface area contributed by atoms with E-state index < -0.39 is 5.85 Å². The number of carbonyl (C=O) groups excluding carboxylic acids is 2. The highest BCUT2D eigenvalue weighted by atomic mass is 35.5. The van der Waals surface area contributed by atoms with Crippen LogP contribution in [0.25, 0.3) is 0 Å². The summed E-state index contributed by atoms with van der Waals surface area (Å²) in [4.78, 5) is 29.3. The van der Waals surface area contributed by atoms with E-state index in [2.05, 4.69) is 24.5 Å². The zero-order valence-corrected chi connectivity index (χ0v) is 23.0. The van der Waals surface area contributed by atoms with E-state index in [9.17, 15) is 9.59 Å². The molecule has 0 saturated carbocycles. The molecule has 38 heavy (non-hydrogen) atoms. The first kappa shape index (κ1) is 29.4. The lowest BCUT2D eigenvalue weighted by atomic mass is 10.1. The average Bonchev–Trinajstić information content (AvgIpc) is 3.07. The smallest absolute Gasteiger partial charge is 0.262 e. The third-order valence-corrected chi connectivity index (χ3v) is 6.59. The number of nitrogens with one attached hydrogen (secondary N) is 2. The third-order valence-electron chi connectivity index (χ3n) is 6.59. The van der Waals surface area contributed by atoms with Crippen molar-refractivity contribution < 1.29 is 14.3 Å². The molecule has 0 aliphatic carbocycles. The molecule has 1 unspecified atom stereocenters. The first-order valence-electron chi connectivity index (χ1n) is 13.2. The van der Waals surface area contributed by atoms with Crippen molar-refractivity contribution in [2.45, 2.75) is 57.8 Å². The molecule has 3 aromatic rings. The predicted octanol–water partition coefficient (Wildman–Crippen LogP) is 5.97. The topological polar surface area (TPSA) is 70.7 Å². The van der Waals surface area contributed by atoms with Crippen LogP contribution in [0.5, 0.6) is 0 Å². The normalized spacial score (nSPS) is 16.8. The van der Waals surface area contributed by atoms with Crippen LogP contribution in [0.4, 0.5) is 5.69 Å². The van der Waals surface area contributed by atoms with Gasteiger partial charge < -0.3 is 15.4 Å². The Morgan fingerprint density at radius 3 is 2.21 bits per heavy atom. The molecule has 4 rings (SSSR count). The largest absolute Gasteiger partial charge is 0.338 e. The average molecular weight is 536 g/mol. The maximum Gasteiger partial charge on any atom is 0.262 e. The molecule has 0 radical (unpaired) electrons. The van der Waals surface area contributed by atoms with Gasteiger partial charge in [0.1, 0.15) is 0 Å². The van der Waals surface area contributed by atoms with Gasteiger partial charge >= 0.3 is 0 Å². The van der Waals surface area contributed by atoms with Crippen LogP contribution in [0.2, 0.25) is 0 Å². The monoisotopic (exact) mass is 535 g/mol. The second-order valence-corrected chi connectivity index (χ2v) is 9.76. The van der Waals surface area contributed by atoms with Gasteiger partial charge in [0.25, 0.3) is 11.8 Å². The summed E-state index contributed by atoms with van der Waals surface area (Å²) in [6, 6.07) is 26.6. The lowest BCUT2D eigenvalue weighted by Gasteiger charge is -2.43. The fraction of sp³-hybridized carbons (Fsp3) is 0.355. The van der Waals surface area contributed by atoms with Crippen molar-refractivity contribution in [2.24, 2.45) is 0 Å². The van der Waals surface area contributed by atoms with E-state index in [-0.39, 0.29) is 24.2 Å². The summed E-state index contributed by atoms with van der Waals surface area (Å²) in [5, 5.41) is 6.60. The molecule has 6 nitrogen and oxygen atoms in total. The van der Waals surface area contributed by atoms with Gasteiger partial charge in [0.2, 0.25) is 5.85 Å². The molecule has 1 atom stereocenters. The Morgan fingerprint density at radius 1 is 0.895 bits per heavy atom. The predicted molar refractivity (Wildman–Crippen MR) is 155 cm³/mol. The summed E-state index contributed by atoms with van der Waals surface area (Å²) in [6.45, 7) is 5.55. The number of unbranched alkanes of at least 4 members (excludes halogenated alkanes) is 1. The Hall–Kier alpha value is -3.19. The highest BCUT2D eigenvalue weighted by molar-refractivity contribution is 6.08. The van der Waals surface area contributed by atoms with Crippen LogP contribution < -0.4 is 15.5 Å². The molecule has 202 valence electrons. The van der Waals surface area contributed by atoms with E-state index in [4.69, 9.17) is 4.74 Å². The molecule has 0 saturated heterocycles. The SMILES string of the molecule is CC(C)NCCCCOC1(NC(=O)c2ccccc2)CCCc2ccccc2N1C(=O)c1ccccc1.Cl. The zero-order chi connectivity index (χ0) is 26.1. The highest BCUT2D eigenvalue weighted by Gasteiger charge is 2.45. The number of halogens is 1. The van der Waals surface area contributed by atoms with Crippen LogP contribution >= 0.6 is 12.4 Å². The quantitative estimate of drug-likeness (QED) is 0.248. The molecule has 1 aliphatic rings. The Labute approximate surface area is 232 Å². The third kappa shape index (κ3) is 7.22. The van der Waals surface area contributed by atoms with Gasteiger partial charge in [0.15, 0.2) is 0 Å². The van der Waals surface area contributed by atoms with E-state index in [1.54, 1.807) is 29.2 Å². The summed E-state index contributed by atoms with van der Waals surface area (Å²) in [5.41, 5.74) is 2.90. The van der Waals surface area contributed by atoms with E-state index in [0.29, 0.717) is 30.2 Å². The summed E-state index contributed by atoms with van der Waals surface area (Å²) < 4.78 is 6.61. The molecule has 0 spiro atoms. The number of nitrogens with zero attached hydrogens (tertiary/aromatic N) is 1. The number of benzene rings is 3. The van der Waals surface area contributed by atoms with Crippen molar-refractivity contribution >= 4 is 29.9 Å². The minimum atomic E-state index is -1.32. The number of hydrogen-bond donors (Lipinski definition) is 2. The molecule has 1 heterocycles. The van der Waals surface area contributed by atoms with E-state index >= 15 is 0 Å². The molecule has 0 bridgehead atoms. The van der Waals surface area contributed by atoms with Gasteiger partial charge in [-0.3, -0.25) is 14.5 Å². The maximum absolute atomic E-state index is 14.1. The Balaban J connectivity index is 0.00000400. The second-order valence-electron chi connectivity index (χ2n) is 9.76. The molecule has 7 heteroatoms. The molecule has 3 aromatic carbocycles. The van der Waals surface area contributed by atoms with Crippen LogP contribution in [0.1, 0.15) is 65.8 Å². The lowest BCUT2D eigenvalue weighted by molar-refractivity contribution is -0.0683. The van der Waals surface area contributed by atoms with Crippen LogP contribution in [0.3, 0.4) is 0 Å². The molecular formula is C31H38ClN3O3. The van der Waals surface area contributed by atoms with Crippen molar-refractivity contribution in [3.05, 3.63) is 102 Å². The van der Waals surface area contributed by atoms with Crippen molar-refractivity contribution in [1.82, 2.24) is 10.6 Å². The first-order chi connectivity index (χ1) is 18.0. The summed E-state index contributed by atoms with van der Waals surface area (Å²) in [6.07, 6.45) is 3.77. The number of amides is 2. The molecule has 0 aromatic heterocycles. The van der Waals surface area contributed by atoms with Gasteiger partial charge in [0, 0.05) is 23.6 Å². The van der Waals surface area contributed by atoms with Gasteiger partial charge in [-0.05, 0) is 68.1 Å². The Bertz CT molecular complexity index is 1170. The van der Waals surface area contributed by atoms with Crippen LogP contribution in [0.15, 0.2) is 84.9 Å². The molecule has 1 aliphatic heterocycles. The molecular weight excluding hydrogens is 498 g/mol. The van der Waals surface area contributed by atoms with Crippen LogP contribution in [-0.2, 0) is 11.2 Å². The minimum absolute atomic E-state index is 0. The summed E-state index contributed by atoms with van der Waals surface area (Å²) >= 11 is 0. The fourth-order valence-electron chi connectivity index (χ4n) is 4.74. The minimum Gasteiger partial charge on any atom is -0.338 e. The number of para-hydroxylation sites is 1. The highest BCUT2D eigenvalue weighted by Crippen LogP contribution is 2.37. The number of carbonyl (C=O) groups is 2. The van der Waals surface area contributed by atoms with Crippen molar-refractivity contribution in [3.8, 4) is 0 Å². The van der Waals surface area contributed by atoms with Gasteiger partial charge in [-0.25, -0.2) is 0 Å². The second kappa shape index (κ2) is 14.1. The van der Waals surface area contributed by atoms with E-state index in [1.807, 2.05) is 60.7 Å². The van der Waals surface area contributed by atoms with Gasteiger partial charge in [-0.1, -0.05) is 68.4 Å². The van der Waals surface area contributed by atoms with Crippen molar-refractivity contribution in [1.29, 1.82) is 0 Å². The Kier molecular flexibility index (Phi) is 10.9. The summed E-state index contributed by atoms with van der Waals surface area (Å²) in [5.74, 6) is -1.80. The zero-order valence-electron chi connectivity index (χ0n) is 22.2. The van der Waals surface area contributed by atoms with Crippen LogP contribution in [0, 0.1) is 0 Å². The number of ether oxygens (including phenoxy) is 1. The first-order valence-corrected chi connectivity index (χ1v) is 13.2. The van der Waals surface area contributed by atoms with Crippen molar-refractivity contribution in [3.63, 3.8) is 0 Å². The molecule has 2 amide bonds. The van der Waals surface area contributed by atoms with Gasteiger partial charge in [0.05, 0.1) is 12.3 Å². The standard InChI is InChI=1S/C31H37N3O3.ClH/c1-24(2)32-22-11-12-23-37-31(33-29(35)26-15-5-3-6-16-26)21-13-19-25-14-9-10-20-28(25)34(31)30(36)27-17-7-4-8-18-27;/h3-10,14-18,20,24,32H,11-13,19,21-23H2,1-2H3,(H,33,35);1H.